The van der Waals surface area contributed by atoms with Crippen LogP contribution in [0.3, 0.4) is 0 Å². The van der Waals surface area contributed by atoms with Gasteiger partial charge in [-0.25, -0.2) is 0 Å². The molecule has 1 aliphatic rings. The molecule has 2 heterocycles. The summed E-state index contributed by atoms with van der Waals surface area (Å²) in [6.07, 6.45) is 8.67. The van der Waals surface area contributed by atoms with E-state index in [1.165, 1.54) is 19.3 Å². The Kier molecular flexibility index (Phi) is 5.75. The Morgan fingerprint density at radius 2 is 2.09 bits per heavy atom. The van der Waals surface area contributed by atoms with Gasteiger partial charge in [-0.3, -0.25) is 4.98 Å². The van der Waals surface area contributed by atoms with Crippen LogP contribution in [0.4, 0.5) is 0 Å². The lowest BCUT2D eigenvalue weighted by Gasteiger charge is -2.26. The van der Waals surface area contributed by atoms with Crippen molar-refractivity contribution in [3.63, 3.8) is 0 Å². The quantitative estimate of drug-likeness (QED) is 0.716. The Bertz CT molecular complexity index is 577. The van der Waals surface area contributed by atoms with E-state index in [4.69, 9.17) is 9.26 Å². The molecule has 0 aromatic carbocycles. The van der Waals surface area contributed by atoms with Crippen molar-refractivity contribution in [2.24, 2.45) is 5.92 Å². The van der Waals surface area contributed by atoms with Gasteiger partial charge in [0.25, 0.3) is 0 Å². The molecule has 3 rings (SSSR count). The van der Waals surface area contributed by atoms with Crippen LogP contribution in [-0.4, -0.2) is 28.3 Å². The summed E-state index contributed by atoms with van der Waals surface area (Å²) in [5.41, 5.74) is 0.764. The van der Waals surface area contributed by atoms with Crippen LogP contribution in [0.25, 0.3) is 11.5 Å². The molecule has 0 radical (unpaired) electrons. The number of hydrogen-bond acceptors (Lipinski definition) is 5. The van der Waals surface area contributed by atoms with Crippen molar-refractivity contribution in [1.82, 2.24) is 15.1 Å². The first kappa shape index (κ1) is 16.1. The summed E-state index contributed by atoms with van der Waals surface area (Å²) in [6, 6.07) is 5.72. The minimum absolute atomic E-state index is 0.381. The van der Waals surface area contributed by atoms with E-state index in [-0.39, 0.29) is 0 Å². The standard InChI is InChI=1S/C18H25N3O2/c1-2-3-12-22-13-14-7-9-15(10-8-14)18-20-17(21-23-18)16-6-4-5-11-19-16/h4-6,11,14-15H,2-3,7-10,12-13H2,1H3. The fraction of sp³-hybridized carbons (Fsp3) is 0.611. The lowest BCUT2D eigenvalue weighted by atomic mass is 9.82. The lowest BCUT2D eigenvalue weighted by Crippen LogP contribution is -2.18. The summed E-state index contributed by atoms with van der Waals surface area (Å²) in [7, 11) is 0. The highest BCUT2D eigenvalue weighted by Gasteiger charge is 2.26. The summed E-state index contributed by atoms with van der Waals surface area (Å²) >= 11 is 0. The highest BCUT2D eigenvalue weighted by molar-refractivity contribution is 5.47. The highest BCUT2D eigenvalue weighted by Crippen LogP contribution is 2.35. The molecular formula is C18H25N3O2. The molecule has 0 atom stereocenters. The largest absolute Gasteiger partial charge is 0.381 e. The van der Waals surface area contributed by atoms with Gasteiger partial charge in [0.1, 0.15) is 5.69 Å². The molecule has 1 fully saturated rings. The molecule has 5 heteroatoms. The third-order valence-corrected chi connectivity index (χ3v) is 4.53. The van der Waals surface area contributed by atoms with E-state index in [1.54, 1.807) is 6.20 Å². The van der Waals surface area contributed by atoms with Gasteiger partial charge in [-0.05, 0) is 50.2 Å². The topological polar surface area (TPSA) is 61.0 Å². The van der Waals surface area contributed by atoms with Crippen molar-refractivity contribution in [2.75, 3.05) is 13.2 Å². The Morgan fingerprint density at radius 3 is 2.83 bits per heavy atom. The maximum absolute atomic E-state index is 5.76. The van der Waals surface area contributed by atoms with Crippen LogP contribution in [0.2, 0.25) is 0 Å². The zero-order chi connectivity index (χ0) is 15.9. The van der Waals surface area contributed by atoms with E-state index in [0.29, 0.717) is 17.7 Å². The SMILES string of the molecule is CCCCOCC1CCC(c2nc(-c3ccccn3)no2)CC1. The Hall–Kier alpha value is -1.75. The molecule has 5 nitrogen and oxygen atoms in total. The van der Waals surface area contributed by atoms with Crippen LogP contribution in [0.1, 0.15) is 57.3 Å². The average molecular weight is 315 g/mol. The third-order valence-electron chi connectivity index (χ3n) is 4.53. The fourth-order valence-corrected chi connectivity index (χ4v) is 3.07. The van der Waals surface area contributed by atoms with Gasteiger partial charge in [0.2, 0.25) is 11.7 Å². The first-order valence-corrected chi connectivity index (χ1v) is 8.69. The Morgan fingerprint density at radius 1 is 1.22 bits per heavy atom. The number of rotatable bonds is 7. The summed E-state index contributed by atoms with van der Waals surface area (Å²) in [4.78, 5) is 8.81. The second-order valence-corrected chi connectivity index (χ2v) is 6.32. The van der Waals surface area contributed by atoms with Gasteiger partial charge in [0, 0.05) is 25.3 Å². The summed E-state index contributed by atoms with van der Waals surface area (Å²) in [5, 5.41) is 4.08. The van der Waals surface area contributed by atoms with E-state index in [1.807, 2.05) is 18.2 Å². The zero-order valence-corrected chi connectivity index (χ0v) is 13.8. The highest BCUT2D eigenvalue weighted by atomic mass is 16.5. The van der Waals surface area contributed by atoms with Crippen molar-refractivity contribution in [3.05, 3.63) is 30.3 Å². The number of aromatic nitrogens is 3. The smallest absolute Gasteiger partial charge is 0.230 e. The molecule has 124 valence electrons. The number of nitrogens with zero attached hydrogens (tertiary/aromatic N) is 3. The van der Waals surface area contributed by atoms with Gasteiger partial charge >= 0.3 is 0 Å². The van der Waals surface area contributed by atoms with Crippen molar-refractivity contribution >= 4 is 0 Å². The third kappa shape index (κ3) is 4.38. The monoisotopic (exact) mass is 315 g/mol. The zero-order valence-electron chi connectivity index (χ0n) is 13.8. The normalized spacial score (nSPS) is 21.4. The number of ether oxygens (including phenoxy) is 1. The van der Waals surface area contributed by atoms with Crippen LogP contribution in [0.5, 0.6) is 0 Å². The molecule has 0 aliphatic heterocycles. The number of hydrogen-bond donors (Lipinski definition) is 0. The molecule has 2 aromatic heterocycles. The maximum atomic E-state index is 5.76. The van der Waals surface area contributed by atoms with Crippen molar-refractivity contribution in [2.45, 2.75) is 51.4 Å². The first-order valence-electron chi connectivity index (χ1n) is 8.69. The summed E-state index contributed by atoms with van der Waals surface area (Å²) in [5.74, 6) is 2.41. The van der Waals surface area contributed by atoms with Crippen LogP contribution in [0.15, 0.2) is 28.9 Å². The van der Waals surface area contributed by atoms with E-state index >= 15 is 0 Å². The van der Waals surface area contributed by atoms with Gasteiger partial charge < -0.3 is 9.26 Å². The van der Waals surface area contributed by atoms with Crippen LogP contribution < -0.4 is 0 Å². The van der Waals surface area contributed by atoms with E-state index < -0.39 is 0 Å². The lowest BCUT2D eigenvalue weighted by molar-refractivity contribution is 0.0790. The predicted molar refractivity (Wildman–Crippen MR) is 88.0 cm³/mol. The maximum Gasteiger partial charge on any atom is 0.230 e. The van der Waals surface area contributed by atoms with Gasteiger partial charge in [0.05, 0.1) is 0 Å². The van der Waals surface area contributed by atoms with Crippen molar-refractivity contribution < 1.29 is 9.26 Å². The molecule has 0 amide bonds. The van der Waals surface area contributed by atoms with Crippen LogP contribution in [-0.2, 0) is 4.74 Å². The molecule has 1 aliphatic carbocycles. The fourth-order valence-electron chi connectivity index (χ4n) is 3.07. The predicted octanol–water partition coefficient (Wildman–Crippen LogP) is 4.22. The molecule has 23 heavy (non-hydrogen) atoms. The first-order chi connectivity index (χ1) is 11.4. The second kappa shape index (κ2) is 8.20. The summed E-state index contributed by atoms with van der Waals surface area (Å²) < 4.78 is 11.2. The van der Waals surface area contributed by atoms with Gasteiger partial charge in [0.15, 0.2) is 0 Å². The Labute approximate surface area is 137 Å². The van der Waals surface area contributed by atoms with E-state index in [2.05, 4.69) is 22.0 Å². The minimum atomic E-state index is 0.381. The van der Waals surface area contributed by atoms with Gasteiger partial charge in [-0.15, -0.1) is 0 Å². The second-order valence-electron chi connectivity index (χ2n) is 6.32. The van der Waals surface area contributed by atoms with E-state index in [9.17, 15) is 0 Å². The van der Waals surface area contributed by atoms with Crippen LogP contribution >= 0.6 is 0 Å². The molecule has 0 bridgehead atoms. The summed E-state index contributed by atoms with van der Waals surface area (Å²) in [6.45, 7) is 3.99. The molecule has 0 spiro atoms. The molecule has 2 aromatic rings. The van der Waals surface area contributed by atoms with Crippen molar-refractivity contribution in [1.29, 1.82) is 0 Å². The van der Waals surface area contributed by atoms with Crippen LogP contribution in [0, 0.1) is 5.92 Å². The molecule has 0 saturated heterocycles. The number of unbranched alkanes of at least 4 members (excludes halogenated alkanes) is 1. The van der Waals surface area contributed by atoms with Gasteiger partial charge in [-0.2, -0.15) is 4.98 Å². The Balaban J connectivity index is 1.49. The van der Waals surface area contributed by atoms with Gasteiger partial charge in [-0.1, -0.05) is 24.6 Å². The molecule has 0 unspecified atom stereocenters. The molecule has 1 saturated carbocycles. The molecule has 0 N–H and O–H groups in total. The number of pyridine rings is 1. The molecular weight excluding hydrogens is 290 g/mol. The van der Waals surface area contributed by atoms with Crippen molar-refractivity contribution in [3.8, 4) is 11.5 Å². The van der Waals surface area contributed by atoms with E-state index in [0.717, 1.165) is 44.1 Å². The average Bonchev–Trinajstić information content (AvgIpc) is 3.10. The minimum Gasteiger partial charge on any atom is -0.381 e.